The van der Waals surface area contributed by atoms with E-state index in [1.54, 1.807) is 49.6 Å². The normalized spacial score (nSPS) is 11.8. The largest absolute Gasteiger partial charge is 0.497 e. The molecule has 2 amide bonds. The molecule has 1 N–H and O–H groups in total. The summed E-state index contributed by atoms with van der Waals surface area (Å²) in [7, 11) is -2.60. The van der Waals surface area contributed by atoms with E-state index in [2.05, 4.69) is 5.32 Å². The Hall–Kier alpha value is -4.63. The SMILES string of the molecule is CCNC(=O)[C@@H](Cc1ccccc1)N(Cc1cccc(OC)c1)C(=O)CN(c1cc(C)cc(C)c1)S(=O)(=O)c1ccc(C)cc1. The molecular formula is C36H41N3O5S. The number of carbonyl (C=O) groups excluding carboxylic acids is 2. The molecule has 8 nitrogen and oxygen atoms in total. The first-order valence-corrected chi connectivity index (χ1v) is 16.4. The summed E-state index contributed by atoms with van der Waals surface area (Å²) in [4.78, 5) is 29.7. The molecule has 0 saturated carbocycles. The lowest BCUT2D eigenvalue weighted by Crippen LogP contribution is -2.53. The zero-order valence-electron chi connectivity index (χ0n) is 26.5. The van der Waals surface area contributed by atoms with Gasteiger partial charge in [0.15, 0.2) is 0 Å². The number of hydrogen-bond donors (Lipinski definition) is 1. The topological polar surface area (TPSA) is 96.0 Å². The molecule has 0 aliphatic heterocycles. The summed E-state index contributed by atoms with van der Waals surface area (Å²) >= 11 is 0. The summed E-state index contributed by atoms with van der Waals surface area (Å²) in [5, 5.41) is 2.88. The first-order chi connectivity index (χ1) is 21.5. The average Bonchev–Trinajstić information content (AvgIpc) is 3.01. The Kier molecular flexibility index (Phi) is 11.0. The van der Waals surface area contributed by atoms with Gasteiger partial charge in [-0.3, -0.25) is 13.9 Å². The van der Waals surface area contributed by atoms with E-state index in [1.807, 2.05) is 82.3 Å². The van der Waals surface area contributed by atoms with Crippen LogP contribution in [0.1, 0.15) is 34.7 Å². The van der Waals surface area contributed by atoms with E-state index in [9.17, 15) is 18.0 Å². The third-order valence-electron chi connectivity index (χ3n) is 7.49. The third kappa shape index (κ3) is 8.51. The van der Waals surface area contributed by atoms with Gasteiger partial charge in [-0.15, -0.1) is 0 Å². The quantitative estimate of drug-likeness (QED) is 0.209. The van der Waals surface area contributed by atoms with Gasteiger partial charge in [0.05, 0.1) is 17.7 Å². The second-order valence-corrected chi connectivity index (χ2v) is 13.0. The predicted molar refractivity (Wildman–Crippen MR) is 178 cm³/mol. The number of nitrogens with zero attached hydrogens (tertiary/aromatic N) is 2. The number of methoxy groups -OCH3 is 1. The second kappa shape index (κ2) is 14.9. The van der Waals surface area contributed by atoms with Gasteiger partial charge in [0.2, 0.25) is 11.8 Å². The Morgan fingerprint density at radius 3 is 2.07 bits per heavy atom. The second-order valence-electron chi connectivity index (χ2n) is 11.1. The van der Waals surface area contributed by atoms with Gasteiger partial charge in [-0.05, 0) is 86.3 Å². The summed E-state index contributed by atoms with van der Waals surface area (Å²) in [5.74, 6) is -0.229. The Balaban J connectivity index is 1.83. The van der Waals surface area contributed by atoms with Crippen LogP contribution in [0.3, 0.4) is 0 Å². The molecular weight excluding hydrogens is 586 g/mol. The number of likely N-dealkylation sites (N-methyl/N-ethyl adjacent to an activating group) is 1. The number of sulfonamides is 1. The number of amides is 2. The summed E-state index contributed by atoms with van der Waals surface area (Å²) in [5.41, 5.74) is 4.62. The van der Waals surface area contributed by atoms with E-state index in [0.29, 0.717) is 18.0 Å². The van der Waals surface area contributed by atoms with Crippen molar-refractivity contribution in [1.82, 2.24) is 10.2 Å². The lowest BCUT2D eigenvalue weighted by atomic mass is 10.0. The van der Waals surface area contributed by atoms with Gasteiger partial charge in [0.25, 0.3) is 10.0 Å². The molecule has 4 rings (SSSR count). The molecule has 4 aromatic carbocycles. The van der Waals surface area contributed by atoms with E-state index >= 15 is 0 Å². The van der Waals surface area contributed by atoms with Crippen molar-refractivity contribution in [3.8, 4) is 5.75 Å². The Morgan fingerprint density at radius 2 is 1.44 bits per heavy atom. The molecule has 236 valence electrons. The lowest BCUT2D eigenvalue weighted by Gasteiger charge is -2.34. The molecule has 0 unspecified atom stereocenters. The average molecular weight is 628 g/mol. The van der Waals surface area contributed by atoms with Crippen LogP contribution < -0.4 is 14.4 Å². The molecule has 0 spiro atoms. The van der Waals surface area contributed by atoms with Crippen LogP contribution in [0.25, 0.3) is 0 Å². The highest BCUT2D eigenvalue weighted by Crippen LogP contribution is 2.27. The fourth-order valence-corrected chi connectivity index (χ4v) is 6.67. The Morgan fingerprint density at radius 1 is 0.800 bits per heavy atom. The summed E-state index contributed by atoms with van der Waals surface area (Å²) in [6.45, 7) is 7.41. The van der Waals surface area contributed by atoms with Crippen LogP contribution in [0.2, 0.25) is 0 Å². The number of ether oxygens (including phenoxy) is 1. The highest BCUT2D eigenvalue weighted by Gasteiger charge is 2.34. The molecule has 0 saturated heterocycles. The van der Waals surface area contributed by atoms with Crippen molar-refractivity contribution in [1.29, 1.82) is 0 Å². The first kappa shape index (κ1) is 33.3. The highest BCUT2D eigenvalue weighted by atomic mass is 32.2. The smallest absolute Gasteiger partial charge is 0.264 e. The van der Waals surface area contributed by atoms with E-state index in [4.69, 9.17) is 4.74 Å². The minimum atomic E-state index is -4.17. The summed E-state index contributed by atoms with van der Waals surface area (Å²) in [6.07, 6.45) is 0.247. The van der Waals surface area contributed by atoms with Crippen molar-refractivity contribution < 1.29 is 22.7 Å². The molecule has 0 bridgehead atoms. The molecule has 0 heterocycles. The number of rotatable bonds is 13. The van der Waals surface area contributed by atoms with Crippen LogP contribution in [0.5, 0.6) is 5.75 Å². The fraction of sp³-hybridized carbons (Fsp3) is 0.278. The predicted octanol–water partition coefficient (Wildman–Crippen LogP) is 5.59. The molecule has 0 aliphatic rings. The van der Waals surface area contributed by atoms with Gasteiger partial charge < -0.3 is 15.0 Å². The van der Waals surface area contributed by atoms with Gasteiger partial charge in [-0.1, -0.05) is 66.2 Å². The van der Waals surface area contributed by atoms with Crippen LogP contribution in [0, 0.1) is 20.8 Å². The monoisotopic (exact) mass is 627 g/mol. The lowest BCUT2D eigenvalue weighted by molar-refractivity contribution is -0.140. The maximum Gasteiger partial charge on any atom is 0.264 e. The third-order valence-corrected chi connectivity index (χ3v) is 9.28. The number of anilines is 1. The first-order valence-electron chi connectivity index (χ1n) is 14.9. The summed E-state index contributed by atoms with van der Waals surface area (Å²) < 4.78 is 35.0. The van der Waals surface area contributed by atoms with Crippen molar-refractivity contribution in [2.45, 2.75) is 51.6 Å². The van der Waals surface area contributed by atoms with Crippen molar-refractivity contribution in [3.05, 3.63) is 125 Å². The Labute approximate surface area is 266 Å². The number of nitrogens with one attached hydrogen (secondary N) is 1. The molecule has 1 atom stereocenters. The van der Waals surface area contributed by atoms with Crippen LogP contribution in [-0.4, -0.2) is 51.4 Å². The molecule has 4 aromatic rings. The summed E-state index contributed by atoms with van der Waals surface area (Å²) in [6, 6.07) is 27.9. The van der Waals surface area contributed by atoms with Crippen molar-refractivity contribution in [2.75, 3.05) is 24.5 Å². The van der Waals surface area contributed by atoms with Crippen LogP contribution >= 0.6 is 0 Å². The van der Waals surface area contributed by atoms with Gasteiger partial charge in [-0.25, -0.2) is 8.42 Å². The van der Waals surface area contributed by atoms with Crippen molar-refractivity contribution >= 4 is 27.5 Å². The van der Waals surface area contributed by atoms with Gasteiger partial charge in [0, 0.05) is 19.5 Å². The molecule has 0 fully saturated rings. The zero-order chi connectivity index (χ0) is 32.6. The zero-order valence-corrected chi connectivity index (χ0v) is 27.3. The molecule has 45 heavy (non-hydrogen) atoms. The molecule has 0 aromatic heterocycles. The number of carbonyl (C=O) groups is 2. The van der Waals surface area contributed by atoms with Crippen LogP contribution in [0.4, 0.5) is 5.69 Å². The maximum atomic E-state index is 14.5. The van der Waals surface area contributed by atoms with Gasteiger partial charge >= 0.3 is 0 Å². The van der Waals surface area contributed by atoms with Crippen LogP contribution in [-0.2, 0) is 32.6 Å². The molecule has 0 aliphatic carbocycles. The van der Waals surface area contributed by atoms with E-state index in [0.717, 1.165) is 32.1 Å². The standard InChI is InChI=1S/C36H41N3O5S/c1-6-37-36(41)34(23-29-11-8-7-9-12-29)38(24-30-13-10-14-32(22-30)44-5)35(40)25-39(31-20-27(3)19-28(4)21-31)45(42,43)33-17-15-26(2)16-18-33/h7-22,34H,6,23-25H2,1-5H3,(H,37,41)/t34-/m1/s1. The minimum Gasteiger partial charge on any atom is -0.497 e. The highest BCUT2D eigenvalue weighted by molar-refractivity contribution is 7.92. The number of hydrogen-bond acceptors (Lipinski definition) is 5. The molecule has 9 heteroatoms. The van der Waals surface area contributed by atoms with Gasteiger partial charge in [-0.2, -0.15) is 0 Å². The van der Waals surface area contributed by atoms with Crippen LogP contribution in [0.15, 0.2) is 102 Å². The van der Waals surface area contributed by atoms with E-state index in [-0.39, 0.29) is 23.8 Å². The number of benzene rings is 4. The van der Waals surface area contributed by atoms with E-state index in [1.165, 1.54) is 4.90 Å². The Bertz CT molecular complexity index is 1700. The van der Waals surface area contributed by atoms with E-state index < -0.39 is 28.5 Å². The minimum absolute atomic E-state index is 0.0654. The van der Waals surface area contributed by atoms with Crippen molar-refractivity contribution in [2.24, 2.45) is 0 Å². The maximum absolute atomic E-state index is 14.5. The number of aryl methyl sites for hydroxylation is 3. The molecule has 0 radical (unpaired) electrons. The fourth-order valence-electron chi connectivity index (χ4n) is 5.27. The van der Waals surface area contributed by atoms with Crippen molar-refractivity contribution in [3.63, 3.8) is 0 Å². The van der Waals surface area contributed by atoms with Gasteiger partial charge in [0.1, 0.15) is 18.3 Å².